The molecule has 0 unspecified atom stereocenters. The molecule has 0 amide bonds. The minimum atomic E-state index is 0.673. The van der Waals surface area contributed by atoms with E-state index in [1.165, 1.54) is 37.7 Å². The van der Waals surface area contributed by atoms with Gasteiger partial charge in [-0.15, -0.1) is 0 Å². The highest BCUT2D eigenvalue weighted by atomic mass is 35.5. The summed E-state index contributed by atoms with van der Waals surface area (Å²) in [5.74, 6) is 3.86. The van der Waals surface area contributed by atoms with Crippen molar-refractivity contribution in [3.05, 3.63) is 28.8 Å². The first-order valence-electron chi connectivity index (χ1n) is 7.71. The Morgan fingerprint density at radius 2 is 1.63 bits per heavy atom. The zero-order chi connectivity index (χ0) is 13.0. The summed E-state index contributed by atoms with van der Waals surface area (Å²) in [5.41, 5.74) is 2.44. The first-order valence-corrected chi connectivity index (χ1v) is 8.09. The number of halogens is 1. The van der Waals surface area contributed by atoms with Gasteiger partial charge in [-0.25, -0.2) is 0 Å². The molecule has 1 aromatic rings. The first kappa shape index (κ1) is 12.1. The third-order valence-electron chi connectivity index (χ3n) is 5.67. The van der Waals surface area contributed by atoms with Crippen LogP contribution in [0, 0.1) is 30.6 Å². The van der Waals surface area contributed by atoms with Crippen LogP contribution in [0.5, 0.6) is 0 Å². The largest absolute Gasteiger partial charge is 0.381 e. The molecule has 19 heavy (non-hydrogen) atoms. The molecule has 0 aromatic heterocycles. The highest BCUT2D eigenvalue weighted by Crippen LogP contribution is 2.54. The first-order chi connectivity index (χ1) is 9.19. The number of anilines is 1. The molecule has 5 rings (SSSR count). The van der Waals surface area contributed by atoms with E-state index in [2.05, 4.69) is 24.4 Å². The van der Waals surface area contributed by atoms with Gasteiger partial charge in [-0.05, 0) is 80.4 Å². The molecule has 0 heterocycles. The number of hydrogen-bond acceptors (Lipinski definition) is 1. The molecule has 0 atom stereocenters. The van der Waals surface area contributed by atoms with E-state index in [1.807, 2.05) is 6.07 Å². The van der Waals surface area contributed by atoms with Crippen LogP contribution in [-0.4, -0.2) is 6.04 Å². The van der Waals surface area contributed by atoms with Gasteiger partial charge in [0.25, 0.3) is 0 Å². The van der Waals surface area contributed by atoms with Crippen molar-refractivity contribution in [2.24, 2.45) is 23.7 Å². The molecule has 4 bridgehead atoms. The maximum Gasteiger partial charge on any atom is 0.0637 e. The van der Waals surface area contributed by atoms with E-state index in [-0.39, 0.29) is 0 Å². The normalized spacial score (nSPS) is 39.6. The minimum Gasteiger partial charge on any atom is -0.381 e. The van der Waals surface area contributed by atoms with Gasteiger partial charge in [-0.3, -0.25) is 0 Å². The lowest BCUT2D eigenvalue weighted by molar-refractivity contribution is 0.00754. The molecule has 1 N–H and O–H groups in total. The van der Waals surface area contributed by atoms with Crippen molar-refractivity contribution in [1.82, 2.24) is 0 Å². The summed E-state index contributed by atoms with van der Waals surface area (Å²) in [6.45, 7) is 2.14. The highest BCUT2D eigenvalue weighted by molar-refractivity contribution is 6.33. The predicted molar refractivity (Wildman–Crippen MR) is 80.6 cm³/mol. The fraction of sp³-hybridized carbons (Fsp3) is 0.647. The molecule has 0 radical (unpaired) electrons. The van der Waals surface area contributed by atoms with Gasteiger partial charge in [0.15, 0.2) is 0 Å². The Morgan fingerprint density at radius 1 is 1.00 bits per heavy atom. The Labute approximate surface area is 120 Å². The third-order valence-corrected chi connectivity index (χ3v) is 6.00. The van der Waals surface area contributed by atoms with E-state index >= 15 is 0 Å². The summed E-state index contributed by atoms with van der Waals surface area (Å²) in [7, 11) is 0. The molecule has 4 aliphatic carbocycles. The topological polar surface area (TPSA) is 12.0 Å². The van der Waals surface area contributed by atoms with Gasteiger partial charge in [0.1, 0.15) is 0 Å². The van der Waals surface area contributed by atoms with E-state index in [4.69, 9.17) is 11.6 Å². The van der Waals surface area contributed by atoms with E-state index in [0.717, 1.165) is 34.4 Å². The molecule has 4 saturated carbocycles. The molecule has 0 aliphatic heterocycles. The number of rotatable bonds is 2. The van der Waals surface area contributed by atoms with Crippen molar-refractivity contribution in [2.45, 2.75) is 45.1 Å². The SMILES string of the molecule is Cc1ccc(Cl)c(NC2C3CC4CC(C3)CC2C4)c1. The quantitative estimate of drug-likeness (QED) is 0.811. The standard InChI is InChI=1S/C17H22ClN/c1-10-2-3-15(18)16(4-10)19-17-13-6-11-5-12(8-13)9-14(17)7-11/h2-4,11-14,17,19H,5-9H2,1H3. The smallest absolute Gasteiger partial charge is 0.0637 e. The second-order valence-corrected chi connectivity index (χ2v) is 7.49. The summed E-state index contributed by atoms with van der Waals surface area (Å²) < 4.78 is 0. The predicted octanol–water partition coefficient (Wildman–Crippen LogP) is 4.89. The fourth-order valence-corrected chi connectivity index (χ4v) is 5.26. The zero-order valence-electron chi connectivity index (χ0n) is 11.5. The molecule has 0 saturated heterocycles. The van der Waals surface area contributed by atoms with Gasteiger partial charge in [-0.1, -0.05) is 17.7 Å². The minimum absolute atomic E-state index is 0.673. The molecule has 2 heteroatoms. The van der Waals surface area contributed by atoms with E-state index < -0.39 is 0 Å². The number of aryl methyl sites for hydroxylation is 1. The van der Waals surface area contributed by atoms with E-state index in [0.29, 0.717) is 6.04 Å². The van der Waals surface area contributed by atoms with Gasteiger partial charge >= 0.3 is 0 Å². The van der Waals surface area contributed by atoms with Gasteiger partial charge in [-0.2, -0.15) is 0 Å². The van der Waals surface area contributed by atoms with Gasteiger partial charge in [0, 0.05) is 6.04 Å². The van der Waals surface area contributed by atoms with Crippen LogP contribution >= 0.6 is 11.6 Å². The van der Waals surface area contributed by atoms with Crippen LogP contribution in [0.1, 0.15) is 37.7 Å². The van der Waals surface area contributed by atoms with Crippen LogP contribution < -0.4 is 5.32 Å². The molecular weight excluding hydrogens is 254 g/mol. The maximum absolute atomic E-state index is 6.35. The molecule has 102 valence electrons. The van der Waals surface area contributed by atoms with Crippen LogP contribution in [0.15, 0.2) is 18.2 Å². The average Bonchev–Trinajstić information content (AvgIpc) is 2.37. The van der Waals surface area contributed by atoms with Crippen LogP contribution in [-0.2, 0) is 0 Å². The number of nitrogens with one attached hydrogen (secondary N) is 1. The fourth-order valence-electron chi connectivity index (χ4n) is 5.09. The molecular formula is C17H22ClN. The van der Waals surface area contributed by atoms with Crippen molar-refractivity contribution < 1.29 is 0 Å². The van der Waals surface area contributed by atoms with E-state index in [9.17, 15) is 0 Å². The molecule has 0 spiro atoms. The summed E-state index contributed by atoms with van der Waals surface area (Å²) in [6, 6.07) is 6.99. The summed E-state index contributed by atoms with van der Waals surface area (Å²) >= 11 is 6.35. The number of hydrogen-bond donors (Lipinski definition) is 1. The van der Waals surface area contributed by atoms with Crippen molar-refractivity contribution in [3.63, 3.8) is 0 Å². The highest BCUT2D eigenvalue weighted by Gasteiger charge is 2.48. The molecule has 1 nitrogen and oxygen atoms in total. The summed E-state index contributed by atoms with van der Waals surface area (Å²) in [6.07, 6.45) is 7.33. The lowest BCUT2D eigenvalue weighted by Crippen LogP contribution is -2.51. The lowest BCUT2D eigenvalue weighted by atomic mass is 9.54. The van der Waals surface area contributed by atoms with Crippen LogP contribution in [0.2, 0.25) is 5.02 Å². The van der Waals surface area contributed by atoms with Crippen LogP contribution in [0.25, 0.3) is 0 Å². The molecule has 4 aliphatic rings. The van der Waals surface area contributed by atoms with Crippen molar-refractivity contribution in [2.75, 3.05) is 5.32 Å². The van der Waals surface area contributed by atoms with Gasteiger partial charge < -0.3 is 5.32 Å². The van der Waals surface area contributed by atoms with Crippen LogP contribution in [0.3, 0.4) is 0 Å². The van der Waals surface area contributed by atoms with Gasteiger partial charge in [0.05, 0.1) is 10.7 Å². The van der Waals surface area contributed by atoms with E-state index in [1.54, 1.807) is 0 Å². The number of benzene rings is 1. The Balaban J connectivity index is 1.58. The third kappa shape index (κ3) is 2.07. The van der Waals surface area contributed by atoms with Crippen LogP contribution in [0.4, 0.5) is 5.69 Å². The Kier molecular flexibility index (Phi) is 2.80. The van der Waals surface area contributed by atoms with Crippen molar-refractivity contribution >= 4 is 17.3 Å². The Morgan fingerprint density at radius 3 is 2.26 bits per heavy atom. The van der Waals surface area contributed by atoms with Gasteiger partial charge in [0.2, 0.25) is 0 Å². The lowest BCUT2D eigenvalue weighted by Gasteiger charge is -2.54. The average molecular weight is 276 g/mol. The molecule has 1 aromatic carbocycles. The summed E-state index contributed by atoms with van der Waals surface area (Å²) in [5, 5.41) is 4.68. The second-order valence-electron chi connectivity index (χ2n) is 7.08. The summed E-state index contributed by atoms with van der Waals surface area (Å²) in [4.78, 5) is 0. The van der Waals surface area contributed by atoms with Crippen molar-refractivity contribution in [3.8, 4) is 0 Å². The zero-order valence-corrected chi connectivity index (χ0v) is 12.3. The maximum atomic E-state index is 6.35. The second kappa shape index (κ2) is 4.41. The Bertz CT molecular complexity index is 468. The Hall–Kier alpha value is -0.690. The molecule has 4 fully saturated rings. The van der Waals surface area contributed by atoms with Crippen molar-refractivity contribution in [1.29, 1.82) is 0 Å². The monoisotopic (exact) mass is 275 g/mol.